The van der Waals surface area contributed by atoms with Crippen molar-refractivity contribution in [1.29, 1.82) is 0 Å². The van der Waals surface area contributed by atoms with Gasteiger partial charge in [-0.2, -0.15) is 0 Å². The second kappa shape index (κ2) is 8.97. The maximum absolute atomic E-state index is 12.5. The number of allylic oxidation sites excluding steroid dienone is 1. The van der Waals surface area contributed by atoms with Crippen LogP contribution in [0.15, 0.2) is 54.1 Å². The van der Waals surface area contributed by atoms with E-state index in [1.54, 1.807) is 6.92 Å². The van der Waals surface area contributed by atoms with Crippen molar-refractivity contribution < 1.29 is 28.5 Å². The van der Waals surface area contributed by atoms with Gasteiger partial charge in [0.05, 0.1) is 18.8 Å². The normalized spacial score (nSPS) is 31.0. The number of carbonyl (C=O) groups excluding carboxylic acids is 2. The first-order valence-electron chi connectivity index (χ1n) is 11.0. The summed E-state index contributed by atoms with van der Waals surface area (Å²) in [5.74, 6) is -0.768. The largest absolute Gasteiger partial charge is 0.464 e. The van der Waals surface area contributed by atoms with Gasteiger partial charge in [-0.1, -0.05) is 43.0 Å². The van der Waals surface area contributed by atoms with Crippen LogP contribution in [0.1, 0.15) is 51.2 Å². The van der Waals surface area contributed by atoms with Crippen LogP contribution in [0.2, 0.25) is 0 Å². The van der Waals surface area contributed by atoms with E-state index in [2.05, 4.69) is 19.6 Å². The molecule has 1 aliphatic carbocycles. The number of ether oxygens (including phenoxy) is 4. The molecule has 2 heterocycles. The molecule has 0 aromatic heterocycles. The zero-order valence-electron chi connectivity index (χ0n) is 18.2. The van der Waals surface area contributed by atoms with Crippen LogP contribution in [0.5, 0.6) is 0 Å². The first-order valence-corrected chi connectivity index (χ1v) is 11.0. The summed E-state index contributed by atoms with van der Waals surface area (Å²) in [5.41, 5.74) is 2.12. The van der Waals surface area contributed by atoms with Gasteiger partial charge in [-0.25, -0.2) is 9.59 Å². The van der Waals surface area contributed by atoms with E-state index >= 15 is 0 Å². The number of hydrogen-bond donors (Lipinski definition) is 0. The van der Waals surface area contributed by atoms with Crippen LogP contribution in [-0.4, -0.2) is 43.0 Å². The highest BCUT2D eigenvalue weighted by atomic mass is 16.6. The molecular formula is C25H30O6. The monoisotopic (exact) mass is 426 g/mol. The summed E-state index contributed by atoms with van der Waals surface area (Å²) in [6.45, 7) is 8.43. The topological polar surface area (TPSA) is 74.4 Å². The van der Waals surface area contributed by atoms with Crippen molar-refractivity contribution in [1.82, 2.24) is 0 Å². The third-order valence-corrected chi connectivity index (χ3v) is 6.48. The second-order valence-corrected chi connectivity index (χ2v) is 8.65. The first-order chi connectivity index (χ1) is 14.9. The molecular weight excluding hydrogens is 396 g/mol. The van der Waals surface area contributed by atoms with E-state index in [-0.39, 0.29) is 35.7 Å². The maximum Gasteiger partial charge on any atom is 0.339 e. The Bertz CT molecular complexity index is 875. The summed E-state index contributed by atoms with van der Waals surface area (Å²) >= 11 is 0. The fourth-order valence-electron chi connectivity index (χ4n) is 4.59. The van der Waals surface area contributed by atoms with Gasteiger partial charge in [0, 0.05) is 11.5 Å². The Kier molecular flexibility index (Phi) is 6.30. The third kappa shape index (κ3) is 4.60. The summed E-state index contributed by atoms with van der Waals surface area (Å²) in [7, 11) is 0. The van der Waals surface area contributed by atoms with Crippen molar-refractivity contribution >= 4 is 11.9 Å². The smallest absolute Gasteiger partial charge is 0.339 e. The highest BCUT2D eigenvalue weighted by molar-refractivity contribution is 5.91. The summed E-state index contributed by atoms with van der Waals surface area (Å²) in [5, 5.41) is 0. The molecule has 0 radical (unpaired) electrons. The number of carbonyl (C=O) groups is 2. The fraction of sp³-hybridized carbons (Fsp3) is 0.520. The Morgan fingerprint density at radius 2 is 2.10 bits per heavy atom. The van der Waals surface area contributed by atoms with E-state index in [0.717, 1.165) is 36.8 Å². The predicted molar refractivity (Wildman–Crippen MR) is 114 cm³/mol. The zero-order valence-corrected chi connectivity index (χ0v) is 18.2. The molecule has 4 rings (SSSR count). The highest BCUT2D eigenvalue weighted by Gasteiger charge is 2.61. The Morgan fingerprint density at radius 1 is 1.32 bits per heavy atom. The van der Waals surface area contributed by atoms with Gasteiger partial charge in [0.2, 0.25) is 0 Å². The molecule has 2 fully saturated rings. The summed E-state index contributed by atoms with van der Waals surface area (Å²) in [6.07, 6.45) is 4.24. The Morgan fingerprint density at radius 3 is 2.84 bits per heavy atom. The lowest BCUT2D eigenvalue weighted by molar-refractivity contribution is -0.156. The van der Waals surface area contributed by atoms with Crippen molar-refractivity contribution in [3.8, 4) is 0 Å². The van der Waals surface area contributed by atoms with Gasteiger partial charge >= 0.3 is 11.9 Å². The molecule has 166 valence electrons. The van der Waals surface area contributed by atoms with E-state index in [9.17, 15) is 9.59 Å². The number of hydrogen-bond acceptors (Lipinski definition) is 6. The Hall–Kier alpha value is -2.44. The van der Waals surface area contributed by atoms with Gasteiger partial charge < -0.3 is 18.9 Å². The first kappa shape index (κ1) is 21.8. The van der Waals surface area contributed by atoms with E-state index < -0.39 is 6.10 Å². The van der Waals surface area contributed by atoms with Crippen LogP contribution < -0.4 is 0 Å². The molecule has 0 spiro atoms. The lowest BCUT2D eigenvalue weighted by Gasteiger charge is -2.21. The summed E-state index contributed by atoms with van der Waals surface area (Å²) in [4.78, 5) is 24.6. The molecule has 0 N–H and O–H groups in total. The van der Waals surface area contributed by atoms with Gasteiger partial charge in [0.15, 0.2) is 6.10 Å². The van der Waals surface area contributed by atoms with Crippen LogP contribution >= 0.6 is 0 Å². The van der Waals surface area contributed by atoms with E-state index in [1.807, 2.05) is 30.3 Å². The minimum atomic E-state index is -0.773. The highest BCUT2D eigenvalue weighted by Crippen LogP contribution is 2.49. The molecule has 0 bridgehead atoms. The molecule has 1 aromatic rings. The van der Waals surface area contributed by atoms with Crippen LogP contribution in [0, 0.1) is 5.92 Å². The average Bonchev–Trinajstić information content (AvgIpc) is 3.35. The van der Waals surface area contributed by atoms with Crippen LogP contribution in [0.25, 0.3) is 0 Å². The van der Waals surface area contributed by atoms with E-state index in [4.69, 9.17) is 18.9 Å². The number of esters is 2. The molecule has 0 amide bonds. The standard InChI is InChI=1S/C25H30O6/c1-4-28-24(27)20(18-10-6-5-7-11-18)29-15-17-9-8-14-25(3)22(31-25)21-19(13-12-17)16(2)23(26)30-21/h5-7,9-11,19-22H,2,4,8,12-15H2,1,3H3/t19-,20?,21-,22+,25+/m0/s1. The minimum Gasteiger partial charge on any atom is -0.464 e. The molecule has 1 aromatic carbocycles. The molecule has 2 saturated heterocycles. The van der Waals surface area contributed by atoms with Crippen molar-refractivity contribution in [3.05, 3.63) is 59.7 Å². The average molecular weight is 427 g/mol. The molecule has 5 atom stereocenters. The SMILES string of the molecule is C=C1C(=O)O[C@@H]2[C@H]3O[C@]3(C)CCC=C(COC(C(=O)OCC)c3ccccc3)CC[C@@H]12. The third-order valence-electron chi connectivity index (χ3n) is 6.48. The number of fused-ring (bicyclic) bond motifs is 3. The van der Waals surface area contributed by atoms with Gasteiger partial charge in [0.25, 0.3) is 0 Å². The van der Waals surface area contributed by atoms with Crippen molar-refractivity contribution in [2.24, 2.45) is 5.92 Å². The zero-order chi connectivity index (χ0) is 22.0. The lowest BCUT2D eigenvalue weighted by atomic mass is 9.84. The molecule has 6 nitrogen and oxygen atoms in total. The van der Waals surface area contributed by atoms with Crippen LogP contribution in [0.4, 0.5) is 0 Å². The predicted octanol–water partition coefficient (Wildman–Crippen LogP) is 4.06. The Balaban J connectivity index is 1.48. The van der Waals surface area contributed by atoms with Crippen LogP contribution in [0.3, 0.4) is 0 Å². The number of rotatable bonds is 6. The molecule has 1 unspecified atom stereocenters. The molecule has 0 saturated carbocycles. The minimum absolute atomic E-state index is 0.0572. The molecule has 6 heteroatoms. The number of benzene rings is 1. The van der Waals surface area contributed by atoms with Gasteiger partial charge in [-0.3, -0.25) is 0 Å². The maximum atomic E-state index is 12.5. The summed E-state index contributed by atoms with van der Waals surface area (Å²) in [6, 6.07) is 9.39. The number of epoxide rings is 1. The fourth-order valence-corrected chi connectivity index (χ4v) is 4.59. The second-order valence-electron chi connectivity index (χ2n) is 8.65. The van der Waals surface area contributed by atoms with Gasteiger partial charge in [0.1, 0.15) is 12.2 Å². The van der Waals surface area contributed by atoms with Crippen molar-refractivity contribution in [3.63, 3.8) is 0 Å². The van der Waals surface area contributed by atoms with E-state index in [0.29, 0.717) is 18.8 Å². The van der Waals surface area contributed by atoms with E-state index in [1.165, 1.54) is 0 Å². The molecule has 31 heavy (non-hydrogen) atoms. The molecule has 3 aliphatic rings. The van der Waals surface area contributed by atoms with Crippen molar-refractivity contribution in [2.75, 3.05) is 13.2 Å². The van der Waals surface area contributed by atoms with Crippen LogP contribution in [-0.2, 0) is 28.5 Å². The van der Waals surface area contributed by atoms with Crippen molar-refractivity contribution in [2.45, 2.75) is 63.4 Å². The van der Waals surface area contributed by atoms with Gasteiger partial charge in [-0.05, 0) is 50.7 Å². The summed E-state index contributed by atoms with van der Waals surface area (Å²) < 4.78 is 22.9. The Labute approximate surface area is 183 Å². The van der Waals surface area contributed by atoms with Gasteiger partial charge in [-0.15, -0.1) is 0 Å². The quantitative estimate of drug-likeness (QED) is 0.296. The lowest BCUT2D eigenvalue weighted by Crippen LogP contribution is -2.29. The molecule has 2 aliphatic heterocycles.